The van der Waals surface area contributed by atoms with Crippen molar-refractivity contribution in [3.8, 4) is 0 Å². The van der Waals surface area contributed by atoms with Gasteiger partial charge in [-0.05, 0) is 6.92 Å². The molecule has 0 aliphatic rings. The molecule has 1 aromatic heterocycles. The summed E-state index contributed by atoms with van der Waals surface area (Å²) in [6.07, 6.45) is 0. The Balaban J connectivity index is 2.98. The van der Waals surface area contributed by atoms with Gasteiger partial charge in [0.25, 0.3) is 0 Å². The van der Waals surface area contributed by atoms with E-state index in [1.165, 1.54) is 12.5 Å². The number of hydrogen-bond donors (Lipinski definition) is 1. The summed E-state index contributed by atoms with van der Waals surface area (Å²) in [4.78, 5) is 29.0. The van der Waals surface area contributed by atoms with Gasteiger partial charge in [-0.1, -0.05) is 16.5 Å². The number of nitrogens with one attached hydrogen (secondary N) is 1. The van der Waals surface area contributed by atoms with Gasteiger partial charge in [-0.3, -0.25) is 4.79 Å². The number of nitrogens with zero attached hydrogens (tertiary/aromatic N) is 1. The van der Waals surface area contributed by atoms with E-state index in [1.807, 2.05) is 0 Å². The van der Waals surface area contributed by atoms with Crippen LogP contribution in [-0.2, 0) is 14.4 Å². The van der Waals surface area contributed by atoms with Crippen LogP contribution in [0.25, 0.3) is 0 Å². The number of oxime groups is 1. The summed E-state index contributed by atoms with van der Waals surface area (Å²) in [5, 5.41) is 4.99. The zero-order chi connectivity index (χ0) is 11.3. The smallest absolute Gasteiger partial charge is 0.362 e. The van der Waals surface area contributed by atoms with Crippen LogP contribution in [0.15, 0.2) is 15.3 Å². The van der Waals surface area contributed by atoms with Crippen molar-refractivity contribution in [2.75, 3.05) is 13.7 Å². The molecule has 0 aliphatic heterocycles. The first-order chi connectivity index (χ1) is 7.19. The average Bonchev–Trinajstić information content (AvgIpc) is 2.61. The van der Waals surface area contributed by atoms with Crippen LogP contribution in [0, 0.1) is 0 Å². The highest BCUT2D eigenvalue weighted by molar-refractivity contribution is 7.07. The molecule has 0 aromatic carbocycles. The summed E-state index contributed by atoms with van der Waals surface area (Å²) < 4.78 is 4.75. The van der Waals surface area contributed by atoms with Crippen molar-refractivity contribution in [3.05, 3.63) is 20.7 Å². The second-order valence-corrected chi connectivity index (χ2v) is 3.25. The maximum atomic E-state index is 11.4. The van der Waals surface area contributed by atoms with E-state index in [0.717, 1.165) is 11.3 Å². The SMILES string of the molecule is CCOC(=O)/C(=N/OC)c1csc(=O)[nH]1. The first kappa shape index (κ1) is 11.4. The van der Waals surface area contributed by atoms with E-state index in [-0.39, 0.29) is 17.2 Å². The largest absolute Gasteiger partial charge is 0.461 e. The second kappa shape index (κ2) is 5.30. The fraction of sp³-hybridized carbons (Fsp3) is 0.375. The summed E-state index contributed by atoms with van der Waals surface area (Å²) in [5.41, 5.74) is 0.253. The lowest BCUT2D eigenvalue weighted by Gasteiger charge is -2.02. The van der Waals surface area contributed by atoms with Gasteiger partial charge in [0.2, 0.25) is 5.71 Å². The molecule has 1 aromatic rings. The van der Waals surface area contributed by atoms with Gasteiger partial charge in [-0.2, -0.15) is 0 Å². The number of aromatic amines is 1. The molecule has 0 atom stereocenters. The molecule has 0 radical (unpaired) electrons. The molecule has 0 aliphatic carbocycles. The van der Waals surface area contributed by atoms with Crippen molar-refractivity contribution in [2.24, 2.45) is 5.16 Å². The van der Waals surface area contributed by atoms with Crippen molar-refractivity contribution in [1.29, 1.82) is 0 Å². The van der Waals surface area contributed by atoms with Gasteiger partial charge in [0.05, 0.1) is 12.3 Å². The van der Waals surface area contributed by atoms with Crippen LogP contribution in [0.3, 0.4) is 0 Å². The quantitative estimate of drug-likeness (QED) is 0.459. The van der Waals surface area contributed by atoms with Gasteiger partial charge in [0.15, 0.2) is 0 Å². The number of ether oxygens (including phenoxy) is 1. The standard InChI is InChI=1S/C8H10N2O4S/c1-3-14-7(11)6(10-13-2)5-4-15-8(12)9-5/h4H,3H2,1-2H3,(H,9,12)/b10-6+. The third-order valence-electron chi connectivity index (χ3n) is 1.43. The van der Waals surface area contributed by atoms with Gasteiger partial charge in [0, 0.05) is 5.38 Å². The minimum absolute atomic E-state index is 0.0438. The van der Waals surface area contributed by atoms with Crippen molar-refractivity contribution in [1.82, 2.24) is 4.98 Å². The molecule has 7 heteroatoms. The van der Waals surface area contributed by atoms with Crippen LogP contribution >= 0.6 is 11.3 Å². The van der Waals surface area contributed by atoms with Crippen LogP contribution in [0.1, 0.15) is 12.6 Å². The first-order valence-electron chi connectivity index (χ1n) is 4.15. The molecule has 82 valence electrons. The molecule has 6 nitrogen and oxygen atoms in total. The number of rotatable bonds is 4. The van der Waals surface area contributed by atoms with E-state index in [9.17, 15) is 9.59 Å². The summed E-state index contributed by atoms with van der Waals surface area (Å²) >= 11 is 0.939. The number of thiazole rings is 1. The fourth-order valence-corrected chi connectivity index (χ4v) is 1.45. The normalized spacial score (nSPS) is 11.2. The number of carbonyl (C=O) groups is 1. The highest BCUT2D eigenvalue weighted by Gasteiger charge is 2.18. The van der Waals surface area contributed by atoms with Gasteiger partial charge < -0.3 is 14.6 Å². The summed E-state index contributed by atoms with van der Waals surface area (Å²) in [7, 11) is 1.31. The van der Waals surface area contributed by atoms with Gasteiger partial charge in [-0.15, -0.1) is 0 Å². The first-order valence-corrected chi connectivity index (χ1v) is 5.03. The number of esters is 1. The Kier molecular flexibility index (Phi) is 4.04. The molecule has 0 fully saturated rings. The lowest BCUT2D eigenvalue weighted by atomic mass is 10.3. The van der Waals surface area contributed by atoms with Crippen LogP contribution in [0.2, 0.25) is 0 Å². The van der Waals surface area contributed by atoms with Crippen molar-refractivity contribution < 1.29 is 14.4 Å². The zero-order valence-corrected chi connectivity index (χ0v) is 9.09. The lowest BCUT2D eigenvalue weighted by molar-refractivity contribution is -0.135. The Labute approximate surface area is 89.5 Å². The minimum Gasteiger partial charge on any atom is -0.461 e. The van der Waals surface area contributed by atoms with Gasteiger partial charge >= 0.3 is 10.8 Å². The molecule has 0 bridgehead atoms. The monoisotopic (exact) mass is 230 g/mol. The van der Waals surface area contributed by atoms with E-state index in [2.05, 4.69) is 15.0 Å². The molecule has 0 amide bonds. The van der Waals surface area contributed by atoms with Crippen molar-refractivity contribution >= 4 is 23.0 Å². The second-order valence-electron chi connectivity index (χ2n) is 2.40. The summed E-state index contributed by atoms with van der Waals surface area (Å²) in [5.74, 6) is -0.631. The number of aromatic nitrogens is 1. The summed E-state index contributed by atoms with van der Waals surface area (Å²) in [6, 6.07) is 0. The van der Waals surface area contributed by atoms with Crippen LogP contribution < -0.4 is 4.87 Å². The van der Waals surface area contributed by atoms with E-state index >= 15 is 0 Å². The Morgan fingerprint density at radius 3 is 2.87 bits per heavy atom. The highest BCUT2D eigenvalue weighted by Crippen LogP contribution is 2.01. The third-order valence-corrected chi connectivity index (χ3v) is 2.10. The fourth-order valence-electron chi connectivity index (χ4n) is 0.883. The molecule has 0 saturated carbocycles. The average molecular weight is 230 g/mol. The van der Waals surface area contributed by atoms with Crippen molar-refractivity contribution in [2.45, 2.75) is 6.92 Å². The molecule has 1 heterocycles. The third kappa shape index (κ3) is 2.91. The molecule has 1 rings (SSSR count). The minimum atomic E-state index is -0.631. The Hall–Kier alpha value is -1.63. The van der Waals surface area contributed by atoms with E-state index in [4.69, 9.17) is 4.74 Å². The van der Waals surface area contributed by atoms with Gasteiger partial charge in [-0.25, -0.2) is 4.79 Å². The Morgan fingerprint density at radius 2 is 2.40 bits per heavy atom. The number of H-pyrrole nitrogens is 1. The molecular formula is C8H10N2O4S. The highest BCUT2D eigenvalue weighted by atomic mass is 32.1. The van der Waals surface area contributed by atoms with Gasteiger partial charge in [0.1, 0.15) is 7.11 Å². The predicted octanol–water partition coefficient (Wildman–Crippen LogP) is 0.350. The number of hydrogen-bond acceptors (Lipinski definition) is 6. The zero-order valence-electron chi connectivity index (χ0n) is 8.27. The molecular weight excluding hydrogens is 220 g/mol. The molecule has 15 heavy (non-hydrogen) atoms. The maximum Gasteiger partial charge on any atom is 0.362 e. The Bertz CT molecular complexity index is 420. The van der Waals surface area contributed by atoms with E-state index in [0.29, 0.717) is 5.69 Å². The van der Waals surface area contributed by atoms with Crippen LogP contribution in [0.4, 0.5) is 0 Å². The van der Waals surface area contributed by atoms with E-state index < -0.39 is 5.97 Å². The van der Waals surface area contributed by atoms with Crippen LogP contribution in [0.5, 0.6) is 0 Å². The lowest BCUT2D eigenvalue weighted by Crippen LogP contribution is -2.20. The molecule has 0 unspecified atom stereocenters. The molecule has 1 N–H and O–H groups in total. The number of carbonyl (C=O) groups excluding carboxylic acids is 1. The Morgan fingerprint density at radius 1 is 1.67 bits per heavy atom. The van der Waals surface area contributed by atoms with Crippen LogP contribution in [-0.4, -0.2) is 30.4 Å². The van der Waals surface area contributed by atoms with E-state index in [1.54, 1.807) is 6.92 Å². The molecule has 0 saturated heterocycles. The maximum absolute atomic E-state index is 11.4. The van der Waals surface area contributed by atoms with Crippen molar-refractivity contribution in [3.63, 3.8) is 0 Å². The topological polar surface area (TPSA) is 80.8 Å². The summed E-state index contributed by atoms with van der Waals surface area (Å²) in [6.45, 7) is 1.91. The molecule has 0 spiro atoms. The predicted molar refractivity (Wildman–Crippen MR) is 55.1 cm³/mol.